The molecule has 0 aliphatic heterocycles. The van der Waals surface area contributed by atoms with Gasteiger partial charge in [-0.3, -0.25) is 0 Å². The van der Waals surface area contributed by atoms with Crippen LogP contribution in [0.3, 0.4) is 0 Å². The van der Waals surface area contributed by atoms with E-state index < -0.39 is 55.7 Å². The first kappa shape index (κ1) is 43.9. The zero-order valence-corrected chi connectivity index (χ0v) is 26.3. The van der Waals surface area contributed by atoms with Crippen LogP contribution in [0.15, 0.2) is 36.7 Å². The lowest BCUT2D eigenvalue weighted by Crippen LogP contribution is -2.64. The molecule has 0 N–H and O–H groups in total. The quantitative estimate of drug-likeness (QED) is 0.0823. The Bertz CT molecular complexity index is 1330. The molecule has 0 amide bonds. The fourth-order valence-electron chi connectivity index (χ4n) is 3.74. The molecule has 1 heterocycles. The molecule has 0 radical (unpaired) electrons. The van der Waals surface area contributed by atoms with Gasteiger partial charge in [-0.2, -0.15) is 65.9 Å². The summed E-state index contributed by atoms with van der Waals surface area (Å²) in [5, 5.41) is 0. The van der Waals surface area contributed by atoms with Crippen LogP contribution >= 0.6 is 0 Å². The average molecular weight is 773 g/mol. The van der Waals surface area contributed by atoms with E-state index in [1.165, 1.54) is 0 Å². The standard InChI is InChI=1S/C29H31F15N2O5/c1-2-3-4-7-15-49-21-16-45-22(46-17-21)19-9-11-20(12-10-19)48-14-8-5-6-13-47-18-23(30,31)50-28(41,42)29(43,44)51-27(39,40)25(34,35)24(32,33)26(36,37)38/h9-12,16-17H,2-8,13-15,18H2,1H3. The van der Waals surface area contributed by atoms with E-state index >= 15 is 0 Å². The third-order valence-electron chi connectivity index (χ3n) is 6.47. The molecule has 2 rings (SSSR count). The van der Waals surface area contributed by atoms with Gasteiger partial charge in [0.1, 0.15) is 12.4 Å². The molecular weight excluding hydrogens is 741 g/mol. The Hall–Kier alpha value is -3.27. The number of nitrogens with zero attached hydrogens (tertiary/aromatic N) is 2. The number of hydrogen-bond donors (Lipinski definition) is 0. The van der Waals surface area contributed by atoms with Crippen molar-refractivity contribution >= 4 is 0 Å². The third-order valence-corrected chi connectivity index (χ3v) is 6.47. The lowest BCUT2D eigenvalue weighted by molar-refractivity contribution is -0.543. The maximum atomic E-state index is 13.7. The number of halogens is 15. The van der Waals surface area contributed by atoms with Crippen LogP contribution < -0.4 is 9.47 Å². The topological polar surface area (TPSA) is 71.9 Å². The van der Waals surface area contributed by atoms with Crippen LogP contribution in [0.4, 0.5) is 65.9 Å². The molecule has 0 unspecified atom stereocenters. The Morgan fingerprint density at radius 3 is 1.55 bits per heavy atom. The Labute approximate surface area is 280 Å². The van der Waals surface area contributed by atoms with Crippen molar-refractivity contribution in [2.24, 2.45) is 0 Å². The summed E-state index contributed by atoms with van der Waals surface area (Å²) in [6, 6.07) is 6.61. The van der Waals surface area contributed by atoms with Gasteiger partial charge in [-0.15, -0.1) is 0 Å². The summed E-state index contributed by atoms with van der Waals surface area (Å²) < 4.78 is 215. The van der Waals surface area contributed by atoms with Crippen molar-refractivity contribution in [2.45, 2.75) is 94.3 Å². The molecule has 0 fully saturated rings. The number of unbranched alkanes of at least 4 members (excludes halogenated alkanes) is 5. The minimum absolute atomic E-state index is 0.0431. The van der Waals surface area contributed by atoms with Crippen LogP contribution in [0.25, 0.3) is 11.4 Å². The largest absolute Gasteiger partial charge is 0.494 e. The summed E-state index contributed by atoms with van der Waals surface area (Å²) in [6.07, 6.45) is -27.2. The predicted molar refractivity (Wildman–Crippen MR) is 145 cm³/mol. The van der Waals surface area contributed by atoms with Crippen molar-refractivity contribution in [1.82, 2.24) is 9.97 Å². The number of hydrogen-bond acceptors (Lipinski definition) is 7. The minimum atomic E-state index is -7.91. The zero-order chi connectivity index (χ0) is 38.8. The number of rotatable bonds is 23. The van der Waals surface area contributed by atoms with E-state index in [4.69, 9.17) is 9.47 Å². The summed E-state index contributed by atoms with van der Waals surface area (Å²) in [6.45, 7) is -0.105. The van der Waals surface area contributed by atoms with Crippen LogP contribution in [0.5, 0.6) is 11.5 Å². The Balaban J connectivity index is 1.74. The zero-order valence-electron chi connectivity index (χ0n) is 26.3. The van der Waals surface area contributed by atoms with Gasteiger partial charge in [0, 0.05) is 12.2 Å². The van der Waals surface area contributed by atoms with Gasteiger partial charge in [-0.25, -0.2) is 19.4 Å². The maximum Gasteiger partial charge on any atom is 0.460 e. The second-order valence-electron chi connectivity index (χ2n) is 10.7. The number of aromatic nitrogens is 2. The molecule has 0 aliphatic rings. The highest BCUT2D eigenvalue weighted by atomic mass is 19.4. The number of benzene rings is 1. The Morgan fingerprint density at radius 2 is 1.02 bits per heavy atom. The molecule has 22 heteroatoms. The van der Waals surface area contributed by atoms with Crippen molar-refractivity contribution in [3.05, 3.63) is 36.7 Å². The van der Waals surface area contributed by atoms with Gasteiger partial charge in [0.15, 0.2) is 11.6 Å². The van der Waals surface area contributed by atoms with Crippen LogP contribution in [0, 0.1) is 0 Å². The molecule has 0 saturated carbocycles. The molecule has 51 heavy (non-hydrogen) atoms. The van der Waals surface area contributed by atoms with Crippen molar-refractivity contribution < 1.29 is 89.5 Å². The van der Waals surface area contributed by atoms with Gasteiger partial charge >= 0.3 is 42.5 Å². The van der Waals surface area contributed by atoms with Gasteiger partial charge in [0.05, 0.1) is 25.6 Å². The summed E-state index contributed by atoms with van der Waals surface area (Å²) in [5.74, 6) is -14.3. The highest BCUT2D eigenvalue weighted by Crippen LogP contribution is 2.56. The van der Waals surface area contributed by atoms with Crippen molar-refractivity contribution in [2.75, 3.05) is 26.4 Å². The van der Waals surface area contributed by atoms with Crippen LogP contribution in [-0.4, -0.2) is 78.9 Å². The van der Waals surface area contributed by atoms with E-state index in [-0.39, 0.29) is 19.4 Å². The summed E-state index contributed by atoms with van der Waals surface area (Å²) in [7, 11) is 0. The number of alkyl halides is 15. The average Bonchev–Trinajstić information content (AvgIpc) is 3.01. The number of ether oxygens (including phenoxy) is 5. The molecule has 0 bridgehead atoms. The molecule has 2 aromatic rings. The van der Waals surface area contributed by atoms with E-state index in [0.717, 1.165) is 25.7 Å². The first-order chi connectivity index (χ1) is 23.4. The second-order valence-corrected chi connectivity index (χ2v) is 10.7. The minimum Gasteiger partial charge on any atom is -0.494 e. The van der Waals surface area contributed by atoms with E-state index in [9.17, 15) is 65.9 Å². The van der Waals surface area contributed by atoms with Crippen molar-refractivity contribution in [1.29, 1.82) is 0 Å². The molecule has 0 saturated heterocycles. The van der Waals surface area contributed by atoms with E-state index in [0.29, 0.717) is 35.9 Å². The first-order valence-electron chi connectivity index (χ1n) is 14.9. The molecule has 0 spiro atoms. The smallest absolute Gasteiger partial charge is 0.460 e. The highest BCUT2D eigenvalue weighted by molar-refractivity contribution is 5.56. The van der Waals surface area contributed by atoms with Crippen LogP contribution in [-0.2, 0) is 14.2 Å². The van der Waals surface area contributed by atoms with Gasteiger partial charge in [-0.05, 0) is 49.9 Å². The monoisotopic (exact) mass is 772 g/mol. The van der Waals surface area contributed by atoms with Crippen LogP contribution in [0.1, 0.15) is 51.9 Å². The Kier molecular flexibility index (Phi) is 15.1. The molecule has 0 atom stereocenters. The maximum absolute atomic E-state index is 13.7. The predicted octanol–water partition coefficient (Wildman–Crippen LogP) is 9.91. The van der Waals surface area contributed by atoms with Gasteiger partial charge in [0.2, 0.25) is 0 Å². The second kappa shape index (κ2) is 17.5. The summed E-state index contributed by atoms with van der Waals surface area (Å²) >= 11 is 0. The van der Waals surface area contributed by atoms with E-state index in [2.05, 4.69) is 26.4 Å². The van der Waals surface area contributed by atoms with Gasteiger partial charge in [0.25, 0.3) is 0 Å². The molecule has 0 aliphatic carbocycles. The molecule has 292 valence electrons. The highest BCUT2D eigenvalue weighted by Gasteiger charge is 2.85. The molecular formula is C29H31F15N2O5. The lowest BCUT2D eigenvalue weighted by Gasteiger charge is -2.36. The first-order valence-corrected chi connectivity index (χ1v) is 14.9. The van der Waals surface area contributed by atoms with Gasteiger partial charge in [-0.1, -0.05) is 26.2 Å². The summed E-state index contributed by atoms with van der Waals surface area (Å²) in [5.41, 5.74) is 0.675. The van der Waals surface area contributed by atoms with E-state index in [1.54, 1.807) is 41.4 Å². The Morgan fingerprint density at radius 1 is 0.529 bits per heavy atom. The molecule has 7 nitrogen and oxygen atoms in total. The normalized spacial score (nSPS) is 13.8. The van der Waals surface area contributed by atoms with Crippen LogP contribution in [0.2, 0.25) is 0 Å². The third kappa shape index (κ3) is 12.1. The molecule has 1 aromatic heterocycles. The SMILES string of the molecule is CCCCCCOc1cnc(-c2ccc(OCCCCCOCC(F)(F)OC(F)(F)C(F)(F)OC(F)(F)C(F)(F)C(F)(F)C(F)(F)F)cc2)nc1. The van der Waals surface area contributed by atoms with Crippen molar-refractivity contribution in [3.63, 3.8) is 0 Å². The lowest BCUT2D eigenvalue weighted by atomic mass is 10.1. The van der Waals surface area contributed by atoms with Gasteiger partial charge < -0.3 is 14.2 Å². The van der Waals surface area contributed by atoms with E-state index in [1.807, 2.05) is 0 Å². The fraction of sp³-hybridized carbons (Fsp3) is 0.655. The van der Waals surface area contributed by atoms with Crippen molar-refractivity contribution in [3.8, 4) is 22.9 Å². The molecule has 1 aromatic carbocycles. The fourth-order valence-corrected chi connectivity index (χ4v) is 3.74. The summed E-state index contributed by atoms with van der Waals surface area (Å²) in [4.78, 5) is 8.51.